The average Bonchev–Trinajstić information content (AvgIpc) is 2.43. The molecule has 0 unspecified atom stereocenters. The Morgan fingerprint density at radius 3 is 2.86 bits per heavy atom. The number of pyridine rings is 1. The molecule has 0 saturated heterocycles. The molecule has 0 aliphatic heterocycles. The Labute approximate surface area is 129 Å². The van der Waals surface area contributed by atoms with Crippen LogP contribution in [0.3, 0.4) is 0 Å². The fourth-order valence-electron chi connectivity index (χ4n) is 1.82. The van der Waals surface area contributed by atoms with Gasteiger partial charge in [0, 0.05) is 0 Å². The second kappa shape index (κ2) is 7.09. The van der Waals surface area contributed by atoms with E-state index in [0.717, 1.165) is 16.9 Å². The molecule has 0 spiro atoms. The molecule has 1 aromatic carbocycles. The van der Waals surface area contributed by atoms with Crippen molar-refractivity contribution in [1.29, 1.82) is 0 Å². The van der Waals surface area contributed by atoms with Crippen molar-refractivity contribution in [3.63, 3.8) is 0 Å². The Hall–Kier alpha value is -2.07. The van der Waals surface area contributed by atoms with Crippen LogP contribution < -0.4 is 10.1 Å². The molecule has 0 radical (unpaired) electrons. The number of benzene rings is 1. The van der Waals surface area contributed by atoms with Gasteiger partial charge in [-0.05, 0) is 43.2 Å². The molecule has 0 saturated carbocycles. The third-order valence-electron chi connectivity index (χ3n) is 2.89. The minimum absolute atomic E-state index is 0.119. The largest absolute Gasteiger partial charge is 0.493 e. The van der Waals surface area contributed by atoms with Gasteiger partial charge in [0.2, 0.25) is 5.91 Å². The molecule has 0 bridgehead atoms. The second-order valence-electron chi connectivity index (χ2n) is 4.79. The van der Waals surface area contributed by atoms with Crippen LogP contribution in [0, 0.1) is 13.8 Å². The summed E-state index contributed by atoms with van der Waals surface area (Å²) >= 11 is 5.84. The van der Waals surface area contributed by atoms with E-state index >= 15 is 0 Å². The van der Waals surface area contributed by atoms with Crippen LogP contribution in [0.15, 0.2) is 36.5 Å². The number of hydrogen-bond acceptors (Lipinski definition) is 3. The highest BCUT2D eigenvalue weighted by Gasteiger charge is 2.05. The quantitative estimate of drug-likeness (QED) is 0.856. The number of carbonyl (C=O) groups is 1. The van der Waals surface area contributed by atoms with Crippen LogP contribution in [0.1, 0.15) is 17.5 Å². The summed E-state index contributed by atoms with van der Waals surface area (Å²) in [5.74, 6) is 0.651. The number of anilines is 1. The zero-order valence-corrected chi connectivity index (χ0v) is 12.8. The van der Waals surface area contributed by atoms with Crippen molar-refractivity contribution >= 4 is 23.2 Å². The van der Waals surface area contributed by atoms with Gasteiger partial charge in [0.1, 0.15) is 10.9 Å². The van der Waals surface area contributed by atoms with E-state index in [1.165, 1.54) is 6.20 Å². The average molecular weight is 305 g/mol. The lowest BCUT2D eigenvalue weighted by molar-refractivity contribution is -0.116. The predicted molar refractivity (Wildman–Crippen MR) is 83.9 cm³/mol. The number of halogens is 1. The lowest BCUT2D eigenvalue weighted by Gasteiger charge is -2.08. The maximum Gasteiger partial charge on any atom is 0.227 e. The molecule has 0 aliphatic rings. The molecule has 2 rings (SSSR count). The van der Waals surface area contributed by atoms with Gasteiger partial charge in [-0.15, -0.1) is 0 Å². The van der Waals surface area contributed by atoms with Crippen LogP contribution in [-0.2, 0) is 4.79 Å². The van der Waals surface area contributed by atoms with E-state index in [1.54, 1.807) is 6.07 Å². The number of ether oxygens (including phenoxy) is 1. The Balaban J connectivity index is 1.81. The summed E-state index contributed by atoms with van der Waals surface area (Å²) < 4.78 is 5.54. The van der Waals surface area contributed by atoms with Gasteiger partial charge in [0.25, 0.3) is 0 Å². The van der Waals surface area contributed by atoms with Crippen molar-refractivity contribution in [2.24, 2.45) is 0 Å². The summed E-state index contributed by atoms with van der Waals surface area (Å²) in [6.07, 6.45) is 1.81. The van der Waals surface area contributed by atoms with Crippen LogP contribution in [0.2, 0.25) is 5.15 Å². The molecule has 21 heavy (non-hydrogen) atoms. The van der Waals surface area contributed by atoms with E-state index in [4.69, 9.17) is 16.3 Å². The molecule has 0 fully saturated rings. The monoisotopic (exact) mass is 304 g/mol. The van der Waals surface area contributed by atoms with E-state index in [-0.39, 0.29) is 12.3 Å². The van der Waals surface area contributed by atoms with Crippen molar-refractivity contribution in [3.05, 3.63) is 52.8 Å². The van der Waals surface area contributed by atoms with Crippen molar-refractivity contribution < 1.29 is 9.53 Å². The summed E-state index contributed by atoms with van der Waals surface area (Å²) in [6, 6.07) is 9.51. The van der Waals surface area contributed by atoms with Gasteiger partial charge in [0.15, 0.2) is 0 Å². The Kier molecular flexibility index (Phi) is 5.17. The van der Waals surface area contributed by atoms with Gasteiger partial charge < -0.3 is 10.1 Å². The number of aromatic nitrogens is 1. The summed E-state index contributed by atoms with van der Waals surface area (Å²) in [7, 11) is 0. The maximum absolute atomic E-state index is 11.8. The zero-order valence-electron chi connectivity index (χ0n) is 12.0. The fourth-order valence-corrected chi connectivity index (χ4v) is 1.92. The summed E-state index contributed by atoms with van der Waals surface area (Å²) in [4.78, 5) is 15.8. The Morgan fingerprint density at radius 1 is 1.33 bits per heavy atom. The lowest BCUT2D eigenvalue weighted by atomic mass is 10.2. The number of amides is 1. The van der Waals surface area contributed by atoms with E-state index in [2.05, 4.69) is 10.3 Å². The number of hydrogen-bond donors (Lipinski definition) is 1. The maximum atomic E-state index is 11.8. The van der Waals surface area contributed by atoms with Crippen LogP contribution in [0.4, 0.5) is 5.69 Å². The van der Waals surface area contributed by atoms with Crippen LogP contribution >= 0.6 is 11.6 Å². The number of aryl methyl sites for hydroxylation is 2. The molecule has 110 valence electrons. The third-order valence-corrected chi connectivity index (χ3v) is 3.28. The van der Waals surface area contributed by atoms with Crippen molar-refractivity contribution in [3.8, 4) is 5.75 Å². The number of rotatable bonds is 5. The lowest BCUT2D eigenvalue weighted by Crippen LogP contribution is -2.15. The number of nitrogens with zero attached hydrogens (tertiary/aromatic N) is 1. The number of carbonyl (C=O) groups excluding carboxylic acids is 1. The highest BCUT2D eigenvalue weighted by molar-refractivity contribution is 6.30. The van der Waals surface area contributed by atoms with Crippen LogP contribution in [-0.4, -0.2) is 17.5 Å². The zero-order chi connectivity index (χ0) is 15.2. The molecular formula is C16H17ClN2O2. The van der Waals surface area contributed by atoms with E-state index in [0.29, 0.717) is 17.4 Å². The van der Waals surface area contributed by atoms with Gasteiger partial charge in [-0.1, -0.05) is 23.7 Å². The summed E-state index contributed by atoms with van der Waals surface area (Å²) in [5, 5.41) is 3.21. The first-order valence-corrected chi connectivity index (χ1v) is 7.04. The molecule has 1 aromatic heterocycles. The normalized spacial score (nSPS) is 10.2. The first-order valence-electron chi connectivity index (χ1n) is 6.66. The fraction of sp³-hybridized carbons (Fsp3) is 0.250. The second-order valence-corrected chi connectivity index (χ2v) is 5.15. The smallest absolute Gasteiger partial charge is 0.227 e. The molecule has 0 aliphatic carbocycles. The van der Waals surface area contributed by atoms with Crippen molar-refractivity contribution in [1.82, 2.24) is 4.98 Å². The van der Waals surface area contributed by atoms with Gasteiger partial charge in [0.05, 0.1) is 24.9 Å². The van der Waals surface area contributed by atoms with Crippen LogP contribution in [0.5, 0.6) is 5.75 Å². The molecule has 1 heterocycles. The van der Waals surface area contributed by atoms with Crippen LogP contribution in [0.25, 0.3) is 0 Å². The summed E-state index contributed by atoms with van der Waals surface area (Å²) in [5.41, 5.74) is 2.59. The molecule has 1 N–H and O–H groups in total. The molecule has 4 nitrogen and oxygen atoms in total. The number of nitrogens with one attached hydrogen (secondary N) is 1. The van der Waals surface area contributed by atoms with E-state index in [9.17, 15) is 4.79 Å². The minimum atomic E-state index is -0.119. The summed E-state index contributed by atoms with van der Waals surface area (Å²) in [6.45, 7) is 4.16. The van der Waals surface area contributed by atoms with E-state index < -0.39 is 0 Å². The molecule has 0 atom stereocenters. The third kappa shape index (κ3) is 4.76. The molecular weight excluding hydrogens is 288 g/mol. The standard InChI is InChI=1S/C16H17ClN2O2/c1-11-4-3-5-14(8-11)21-7-6-15(20)19-13-9-12(2)16(17)18-10-13/h3-5,8-10H,6-7H2,1-2H3,(H,19,20). The first-order chi connectivity index (χ1) is 10.0. The van der Waals surface area contributed by atoms with Gasteiger partial charge >= 0.3 is 0 Å². The predicted octanol–water partition coefficient (Wildman–Crippen LogP) is 3.76. The Bertz CT molecular complexity index is 644. The van der Waals surface area contributed by atoms with Crippen molar-refractivity contribution in [2.75, 3.05) is 11.9 Å². The van der Waals surface area contributed by atoms with Crippen molar-refractivity contribution in [2.45, 2.75) is 20.3 Å². The SMILES string of the molecule is Cc1cccc(OCCC(=O)Nc2cnc(Cl)c(C)c2)c1. The Morgan fingerprint density at radius 2 is 2.14 bits per heavy atom. The molecule has 1 amide bonds. The first kappa shape index (κ1) is 15.3. The van der Waals surface area contributed by atoms with E-state index in [1.807, 2.05) is 38.1 Å². The molecule has 5 heteroatoms. The highest BCUT2D eigenvalue weighted by atomic mass is 35.5. The van der Waals surface area contributed by atoms with Gasteiger partial charge in [-0.2, -0.15) is 0 Å². The minimum Gasteiger partial charge on any atom is -0.493 e. The van der Waals surface area contributed by atoms with Gasteiger partial charge in [-0.25, -0.2) is 4.98 Å². The highest BCUT2D eigenvalue weighted by Crippen LogP contribution is 2.16. The van der Waals surface area contributed by atoms with Gasteiger partial charge in [-0.3, -0.25) is 4.79 Å². The topological polar surface area (TPSA) is 51.2 Å². The molecule has 2 aromatic rings.